The molecular formula is C19H23N5O2. The molecule has 7 nitrogen and oxygen atoms in total. The van der Waals surface area contributed by atoms with Crippen molar-refractivity contribution < 1.29 is 9.59 Å². The number of rotatable bonds is 4. The molecule has 0 aliphatic carbocycles. The molecule has 0 aromatic heterocycles. The van der Waals surface area contributed by atoms with Crippen LogP contribution < -0.4 is 16.4 Å². The van der Waals surface area contributed by atoms with E-state index < -0.39 is 0 Å². The summed E-state index contributed by atoms with van der Waals surface area (Å²) in [6.07, 6.45) is 0. The summed E-state index contributed by atoms with van der Waals surface area (Å²) < 4.78 is 0. The predicted molar refractivity (Wildman–Crippen MR) is 104 cm³/mol. The van der Waals surface area contributed by atoms with Crippen LogP contribution in [0.3, 0.4) is 0 Å². The summed E-state index contributed by atoms with van der Waals surface area (Å²) in [6, 6.07) is 7.12. The van der Waals surface area contributed by atoms with E-state index in [1.807, 2.05) is 32.9 Å². The minimum Gasteiger partial charge on any atom is -0.398 e. The lowest BCUT2D eigenvalue weighted by Crippen LogP contribution is -2.08. The van der Waals surface area contributed by atoms with Crippen molar-refractivity contribution in [2.45, 2.75) is 34.6 Å². The average Bonchev–Trinajstić information content (AvgIpc) is 2.52. The third-order valence-corrected chi connectivity index (χ3v) is 3.79. The Morgan fingerprint density at radius 2 is 1.42 bits per heavy atom. The number of carbonyl (C=O) groups is 2. The topological polar surface area (TPSA) is 109 Å². The molecule has 26 heavy (non-hydrogen) atoms. The molecule has 0 radical (unpaired) electrons. The number of aryl methyl sites for hydroxylation is 3. The Bertz CT molecular complexity index is 880. The van der Waals surface area contributed by atoms with E-state index in [1.165, 1.54) is 13.8 Å². The van der Waals surface area contributed by atoms with E-state index in [1.54, 1.807) is 12.1 Å². The maximum absolute atomic E-state index is 11.4. The summed E-state index contributed by atoms with van der Waals surface area (Å²) in [5.41, 5.74) is 11.6. The largest absolute Gasteiger partial charge is 0.398 e. The first-order valence-electron chi connectivity index (χ1n) is 8.15. The van der Waals surface area contributed by atoms with E-state index in [0.29, 0.717) is 22.7 Å². The van der Waals surface area contributed by atoms with E-state index >= 15 is 0 Å². The fourth-order valence-electron chi connectivity index (χ4n) is 2.57. The van der Waals surface area contributed by atoms with Crippen LogP contribution in [-0.2, 0) is 9.59 Å². The van der Waals surface area contributed by atoms with Crippen molar-refractivity contribution in [2.75, 3.05) is 16.4 Å². The Morgan fingerprint density at radius 1 is 0.846 bits per heavy atom. The summed E-state index contributed by atoms with van der Waals surface area (Å²) in [6.45, 7) is 8.55. The molecule has 0 aliphatic rings. The lowest BCUT2D eigenvalue weighted by atomic mass is 10.1. The van der Waals surface area contributed by atoms with Crippen molar-refractivity contribution in [3.05, 3.63) is 41.0 Å². The molecule has 2 aromatic rings. The maximum Gasteiger partial charge on any atom is 0.221 e. The summed E-state index contributed by atoms with van der Waals surface area (Å²) in [4.78, 5) is 22.7. The van der Waals surface area contributed by atoms with Gasteiger partial charge >= 0.3 is 0 Å². The monoisotopic (exact) mass is 353 g/mol. The highest BCUT2D eigenvalue weighted by Gasteiger charge is 2.09. The Hall–Kier alpha value is -3.22. The third kappa shape index (κ3) is 4.66. The van der Waals surface area contributed by atoms with Gasteiger partial charge in [-0.25, -0.2) is 0 Å². The van der Waals surface area contributed by atoms with Gasteiger partial charge in [-0.3, -0.25) is 9.59 Å². The van der Waals surface area contributed by atoms with Gasteiger partial charge in [-0.2, -0.15) is 5.11 Å². The van der Waals surface area contributed by atoms with Crippen molar-refractivity contribution in [1.29, 1.82) is 0 Å². The molecule has 0 aliphatic heterocycles. The summed E-state index contributed by atoms with van der Waals surface area (Å²) in [5.74, 6) is -0.334. The van der Waals surface area contributed by atoms with Crippen LogP contribution in [0.25, 0.3) is 0 Å². The summed E-state index contributed by atoms with van der Waals surface area (Å²) >= 11 is 0. The molecule has 0 spiro atoms. The molecule has 7 heteroatoms. The molecular weight excluding hydrogens is 330 g/mol. The van der Waals surface area contributed by atoms with Gasteiger partial charge in [-0.15, -0.1) is 5.11 Å². The first kappa shape index (κ1) is 19.1. The van der Waals surface area contributed by atoms with Crippen LogP contribution in [0.5, 0.6) is 0 Å². The molecule has 0 atom stereocenters. The number of nitrogens with one attached hydrogen (secondary N) is 2. The van der Waals surface area contributed by atoms with Gasteiger partial charge in [-0.05, 0) is 61.7 Å². The third-order valence-electron chi connectivity index (χ3n) is 3.79. The molecule has 0 saturated heterocycles. The number of hydrogen-bond acceptors (Lipinski definition) is 5. The minimum atomic E-state index is -0.212. The maximum atomic E-state index is 11.4. The van der Waals surface area contributed by atoms with Crippen LogP contribution in [0.2, 0.25) is 0 Å². The number of azo groups is 1. The van der Waals surface area contributed by atoms with Crippen molar-refractivity contribution >= 4 is 40.3 Å². The van der Waals surface area contributed by atoms with E-state index in [9.17, 15) is 9.59 Å². The predicted octanol–water partition coefficient (Wildman–Crippen LogP) is 4.53. The molecule has 2 aromatic carbocycles. The minimum absolute atomic E-state index is 0.122. The van der Waals surface area contributed by atoms with Gasteiger partial charge in [-0.1, -0.05) is 0 Å². The van der Waals surface area contributed by atoms with Crippen LogP contribution in [0, 0.1) is 20.8 Å². The quantitative estimate of drug-likeness (QED) is 0.555. The zero-order valence-corrected chi connectivity index (χ0v) is 15.6. The number of nitrogen functional groups attached to an aromatic ring is 1. The molecule has 4 N–H and O–H groups in total. The number of anilines is 3. The first-order valence-corrected chi connectivity index (χ1v) is 8.15. The molecule has 0 bridgehead atoms. The second-order valence-corrected chi connectivity index (χ2v) is 6.24. The molecule has 2 rings (SSSR count). The molecule has 0 saturated carbocycles. The van der Waals surface area contributed by atoms with Gasteiger partial charge in [0.15, 0.2) is 0 Å². The highest BCUT2D eigenvalue weighted by atomic mass is 16.2. The van der Waals surface area contributed by atoms with E-state index in [4.69, 9.17) is 5.73 Å². The molecule has 0 unspecified atom stereocenters. The fourth-order valence-corrected chi connectivity index (χ4v) is 2.57. The zero-order valence-electron chi connectivity index (χ0n) is 15.6. The van der Waals surface area contributed by atoms with E-state index in [2.05, 4.69) is 20.9 Å². The van der Waals surface area contributed by atoms with Gasteiger partial charge in [0.1, 0.15) is 5.69 Å². The number of carbonyl (C=O) groups excluding carboxylic acids is 2. The highest BCUT2D eigenvalue weighted by molar-refractivity contribution is 5.93. The average molecular weight is 353 g/mol. The van der Waals surface area contributed by atoms with Crippen LogP contribution in [0.15, 0.2) is 34.5 Å². The standard InChI is InChI=1S/C19H23N5O2/c1-10-8-18(17(9-16(10)20)21-13(4)25)24-23-15-6-11(2)19(12(3)7-15)22-14(5)26/h6-9H,20H2,1-5H3,(H,21,25)(H,22,26). The molecule has 0 heterocycles. The number of benzene rings is 2. The van der Waals surface area contributed by atoms with Crippen LogP contribution in [0.4, 0.5) is 28.4 Å². The first-order chi connectivity index (χ1) is 12.2. The molecule has 2 amide bonds. The normalized spacial score (nSPS) is 10.8. The van der Waals surface area contributed by atoms with Gasteiger partial charge in [0.05, 0.1) is 11.4 Å². The number of amides is 2. The second kappa shape index (κ2) is 7.77. The Kier molecular flexibility index (Phi) is 5.71. The van der Waals surface area contributed by atoms with Gasteiger partial charge in [0.2, 0.25) is 11.8 Å². The fraction of sp³-hybridized carbons (Fsp3) is 0.263. The van der Waals surface area contributed by atoms with Crippen LogP contribution in [0.1, 0.15) is 30.5 Å². The summed E-state index contributed by atoms with van der Waals surface area (Å²) in [7, 11) is 0. The van der Waals surface area contributed by atoms with Crippen molar-refractivity contribution in [2.24, 2.45) is 10.2 Å². The van der Waals surface area contributed by atoms with Crippen molar-refractivity contribution in [1.82, 2.24) is 0 Å². The zero-order chi connectivity index (χ0) is 19.4. The van der Waals surface area contributed by atoms with Gasteiger partial charge in [0.25, 0.3) is 0 Å². The highest BCUT2D eigenvalue weighted by Crippen LogP contribution is 2.33. The van der Waals surface area contributed by atoms with Crippen molar-refractivity contribution in [3.8, 4) is 0 Å². The molecule has 0 fully saturated rings. The van der Waals surface area contributed by atoms with E-state index in [0.717, 1.165) is 22.4 Å². The van der Waals surface area contributed by atoms with Crippen molar-refractivity contribution in [3.63, 3.8) is 0 Å². The lowest BCUT2D eigenvalue weighted by Gasteiger charge is -2.11. The van der Waals surface area contributed by atoms with E-state index in [-0.39, 0.29) is 11.8 Å². The Balaban J connectivity index is 2.39. The Labute approximate surface area is 152 Å². The SMILES string of the molecule is CC(=O)Nc1cc(N)c(C)cc1N=Nc1cc(C)c(NC(C)=O)c(C)c1. The Morgan fingerprint density at radius 3 is 1.96 bits per heavy atom. The van der Waals surface area contributed by atoms with Gasteiger partial charge < -0.3 is 16.4 Å². The van der Waals surface area contributed by atoms with Crippen LogP contribution >= 0.6 is 0 Å². The number of nitrogens with two attached hydrogens (primary N) is 1. The van der Waals surface area contributed by atoms with Crippen LogP contribution in [-0.4, -0.2) is 11.8 Å². The summed E-state index contributed by atoms with van der Waals surface area (Å²) in [5, 5.41) is 14.1. The number of hydrogen-bond donors (Lipinski definition) is 3. The second-order valence-electron chi connectivity index (χ2n) is 6.24. The van der Waals surface area contributed by atoms with Gasteiger partial charge in [0, 0.05) is 25.2 Å². The lowest BCUT2D eigenvalue weighted by molar-refractivity contribution is -0.115. The smallest absolute Gasteiger partial charge is 0.221 e. The number of nitrogens with zero attached hydrogens (tertiary/aromatic N) is 2. The molecule has 136 valence electrons.